The number of rotatable bonds is 1. The van der Waals surface area contributed by atoms with Crippen molar-refractivity contribution in [1.29, 1.82) is 0 Å². The van der Waals surface area contributed by atoms with Gasteiger partial charge in [-0.3, -0.25) is 4.98 Å². The van der Waals surface area contributed by atoms with Gasteiger partial charge < -0.3 is 16.0 Å². The van der Waals surface area contributed by atoms with Gasteiger partial charge in [0.1, 0.15) is 5.69 Å². The Balaban J connectivity index is 2.45. The maximum Gasteiger partial charge on any atom is 0.148 e. The van der Waals surface area contributed by atoms with Gasteiger partial charge in [-0.15, -0.1) is 0 Å². The minimum Gasteiger partial charge on any atom is -0.629 e. The van der Waals surface area contributed by atoms with Crippen LogP contribution in [-0.2, 0) is 0 Å². The van der Waals surface area contributed by atoms with E-state index in [0.29, 0.717) is 21.4 Å². The second-order valence-electron chi connectivity index (χ2n) is 3.96. The molecule has 2 rings (SSSR count). The molecule has 1 unspecified atom stereocenters. The van der Waals surface area contributed by atoms with Gasteiger partial charge in [-0.2, -0.15) is 0 Å². The first kappa shape index (κ1) is 13.6. The Bertz CT molecular complexity index is 645. The summed E-state index contributed by atoms with van der Waals surface area (Å²) in [6, 6.07) is 7.02. The van der Waals surface area contributed by atoms with Gasteiger partial charge in [0.2, 0.25) is 0 Å². The predicted octanol–water partition coefficient (Wildman–Crippen LogP) is 1.47. The Morgan fingerprint density at radius 1 is 1.26 bits per heavy atom. The first-order valence-electron chi connectivity index (χ1n) is 5.60. The van der Waals surface area contributed by atoms with E-state index in [1.54, 1.807) is 24.5 Å². The number of nitrogens with one attached hydrogen (secondary N) is 1. The first-order valence-corrected chi connectivity index (χ1v) is 6.39. The molecular formula is C14H12BrN3O. The molecule has 1 atom stereocenters. The lowest BCUT2D eigenvalue weighted by Crippen LogP contribution is -2.98. The van der Waals surface area contributed by atoms with Crippen LogP contribution in [0, 0.1) is 17.0 Å². The summed E-state index contributed by atoms with van der Waals surface area (Å²) in [5.41, 5.74) is 8.41. The molecule has 4 nitrogen and oxygen atoms in total. The number of pyridine rings is 1. The van der Waals surface area contributed by atoms with Crippen molar-refractivity contribution >= 4 is 27.3 Å². The van der Waals surface area contributed by atoms with E-state index in [2.05, 4.69) is 32.8 Å². The van der Waals surface area contributed by atoms with Gasteiger partial charge in [0.05, 0.1) is 12.6 Å². The summed E-state index contributed by atoms with van der Waals surface area (Å²) in [4.78, 5) is 3.92. The van der Waals surface area contributed by atoms with Gasteiger partial charge in [-0.1, -0.05) is 11.8 Å². The van der Waals surface area contributed by atoms with Crippen molar-refractivity contribution in [3.63, 3.8) is 0 Å². The molecule has 0 amide bonds. The SMILES string of the molecule is C[NH+]([O-])c1cc(Br)c(N)cc1C#Cc1ccncc1. The van der Waals surface area contributed by atoms with Crippen LogP contribution in [0.15, 0.2) is 41.1 Å². The lowest BCUT2D eigenvalue weighted by molar-refractivity contribution is -0.751. The molecule has 2 aromatic rings. The average Bonchev–Trinajstić information content (AvgIpc) is 2.40. The molecule has 1 aromatic heterocycles. The van der Waals surface area contributed by atoms with E-state index in [1.807, 2.05) is 12.1 Å². The first-order chi connectivity index (χ1) is 9.08. The Labute approximate surface area is 120 Å². The van der Waals surface area contributed by atoms with E-state index in [1.165, 1.54) is 7.05 Å². The largest absolute Gasteiger partial charge is 0.629 e. The number of hydrogen-bond donors (Lipinski definition) is 2. The number of halogens is 1. The summed E-state index contributed by atoms with van der Waals surface area (Å²) < 4.78 is 0.701. The third-order valence-electron chi connectivity index (χ3n) is 2.54. The highest BCUT2D eigenvalue weighted by Gasteiger charge is 2.09. The fourth-order valence-corrected chi connectivity index (χ4v) is 1.90. The minimum atomic E-state index is -0.0419. The summed E-state index contributed by atoms with van der Waals surface area (Å²) in [5.74, 6) is 5.97. The number of nitrogens with two attached hydrogens (primary N) is 1. The number of hydroxylamine groups is 1. The number of nitrogens with zero attached hydrogens (tertiary/aromatic N) is 1. The standard InChI is InChI=1S/C14H12BrN3O/c1-18(19)14-9-12(15)13(16)8-11(14)3-2-10-4-6-17-7-5-10/h4-9,18H,16H2,1H3. The van der Waals surface area contributed by atoms with Crippen molar-refractivity contribution in [1.82, 2.24) is 4.98 Å². The second-order valence-corrected chi connectivity index (χ2v) is 4.82. The average molecular weight is 318 g/mol. The quantitative estimate of drug-likeness (QED) is 0.475. The van der Waals surface area contributed by atoms with Gasteiger partial charge in [0.25, 0.3) is 0 Å². The molecule has 0 aliphatic carbocycles. The molecule has 0 spiro atoms. The summed E-state index contributed by atoms with van der Waals surface area (Å²) in [7, 11) is 1.51. The highest BCUT2D eigenvalue weighted by atomic mass is 79.9. The Morgan fingerprint density at radius 2 is 1.95 bits per heavy atom. The normalized spacial score (nSPS) is 11.5. The summed E-state index contributed by atoms with van der Waals surface area (Å²) in [5, 5.41) is 11.6. The van der Waals surface area contributed by atoms with E-state index >= 15 is 0 Å². The van der Waals surface area contributed by atoms with Crippen LogP contribution in [0.25, 0.3) is 0 Å². The van der Waals surface area contributed by atoms with Crippen molar-refractivity contribution in [2.24, 2.45) is 0 Å². The number of benzene rings is 1. The Kier molecular flexibility index (Phi) is 4.17. The number of nitrogen functional groups attached to an aromatic ring is 1. The zero-order valence-electron chi connectivity index (χ0n) is 10.3. The monoisotopic (exact) mass is 317 g/mol. The van der Waals surface area contributed by atoms with E-state index in [4.69, 9.17) is 5.73 Å². The van der Waals surface area contributed by atoms with Crippen LogP contribution >= 0.6 is 15.9 Å². The van der Waals surface area contributed by atoms with E-state index in [0.717, 1.165) is 5.56 Å². The predicted molar refractivity (Wildman–Crippen MR) is 78.7 cm³/mol. The molecule has 0 saturated heterocycles. The second kappa shape index (κ2) is 5.85. The van der Waals surface area contributed by atoms with Crippen LogP contribution in [0.4, 0.5) is 11.4 Å². The van der Waals surface area contributed by atoms with Crippen LogP contribution in [0.3, 0.4) is 0 Å². The molecule has 0 fully saturated rings. The Morgan fingerprint density at radius 3 is 2.58 bits per heavy atom. The number of anilines is 1. The van der Waals surface area contributed by atoms with Crippen LogP contribution < -0.4 is 10.8 Å². The fourth-order valence-electron chi connectivity index (χ4n) is 1.56. The molecule has 0 aliphatic heterocycles. The lowest BCUT2D eigenvalue weighted by atomic mass is 10.1. The summed E-state index contributed by atoms with van der Waals surface area (Å²) >= 11 is 3.31. The number of aromatic nitrogens is 1. The number of quaternary nitrogens is 1. The van der Waals surface area contributed by atoms with Crippen LogP contribution in [-0.4, -0.2) is 12.0 Å². The fraction of sp³-hybridized carbons (Fsp3) is 0.0714. The highest BCUT2D eigenvalue weighted by Crippen LogP contribution is 2.25. The van der Waals surface area contributed by atoms with E-state index in [9.17, 15) is 5.21 Å². The molecule has 3 N–H and O–H groups in total. The van der Waals surface area contributed by atoms with Gasteiger partial charge >= 0.3 is 0 Å². The molecule has 5 heteroatoms. The van der Waals surface area contributed by atoms with Gasteiger partial charge in [0, 0.05) is 34.2 Å². The van der Waals surface area contributed by atoms with E-state index < -0.39 is 0 Å². The van der Waals surface area contributed by atoms with Crippen molar-refractivity contribution < 1.29 is 5.06 Å². The van der Waals surface area contributed by atoms with Crippen molar-refractivity contribution in [3.05, 3.63) is 57.5 Å². The van der Waals surface area contributed by atoms with Gasteiger partial charge in [-0.05, 0) is 34.1 Å². The van der Waals surface area contributed by atoms with Crippen molar-refractivity contribution in [3.8, 4) is 11.8 Å². The molecule has 0 saturated carbocycles. The maximum absolute atomic E-state index is 11.6. The number of hydrogen-bond acceptors (Lipinski definition) is 3. The minimum absolute atomic E-state index is 0.0419. The zero-order chi connectivity index (χ0) is 13.8. The lowest BCUT2D eigenvalue weighted by Gasteiger charge is -2.18. The maximum atomic E-state index is 11.6. The highest BCUT2D eigenvalue weighted by molar-refractivity contribution is 9.10. The third kappa shape index (κ3) is 3.32. The molecule has 0 bridgehead atoms. The molecular weight excluding hydrogens is 306 g/mol. The summed E-state index contributed by atoms with van der Waals surface area (Å²) in [6.45, 7) is 0. The van der Waals surface area contributed by atoms with Crippen molar-refractivity contribution in [2.45, 2.75) is 0 Å². The molecule has 1 heterocycles. The molecule has 96 valence electrons. The molecule has 19 heavy (non-hydrogen) atoms. The molecule has 1 aromatic carbocycles. The Hall–Kier alpha value is -1.87. The smallest absolute Gasteiger partial charge is 0.148 e. The van der Waals surface area contributed by atoms with Crippen LogP contribution in [0.5, 0.6) is 0 Å². The van der Waals surface area contributed by atoms with Crippen LogP contribution in [0.2, 0.25) is 0 Å². The van der Waals surface area contributed by atoms with E-state index in [-0.39, 0.29) is 5.06 Å². The molecule has 0 radical (unpaired) electrons. The van der Waals surface area contributed by atoms with Gasteiger partial charge in [0.15, 0.2) is 0 Å². The third-order valence-corrected chi connectivity index (χ3v) is 3.22. The van der Waals surface area contributed by atoms with Crippen LogP contribution in [0.1, 0.15) is 11.1 Å². The molecule has 0 aliphatic rings. The topological polar surface area (TPSA) is 66.4 Å². The van der Waals surface area contributed by atoms with Gasteiger partial charge in [-0.25, -0.2) is 0 Å². The van der Waals surface area contributed by atoms with Crippen molar-refractivity contribution in [2.75, 3.05) is 12.8 Å². The summed E-state index contributed by atoms with van der Waals surface area (Å²) in [6.07, 6.45) is 3.34. The zero-order valence-corrected chi connectivity index (χ0v) is 11.9.